The maximum Gasteiger partial charge on any atom is 0.220 e. The lowest BCUT2D eigenvalue weighted by atomic mass is 9.93. The first-order valence-corrected chi connectivity index (χ1v) is 9.69. The van der Waals surface area contributed by atoms with E-state index in [1.807, 2.05) is 0 Å². The van der Waals surface area contributed by atoms with Crippen LogP contribution in [0.4, 0.5) is 0 Å². The summed E-state index contributed by atoms with van der Waals surface area (Å²) < 4.78 is 2.24. The lowest BCUT2D eigenvalue weighted by Crippen LogP contribution is -2.30. The van der Waals surface area contributed by atoms with Gasteiger partial charge in [0, 0.05) is 6.07 Å². The second-order valence-electron chi connectivity index (χ2n) is 7.40. The molecule has 134 valence electrons. The number of nitrogens with zero attached hydrogens (tertiary/aromatic N) is 1. The van der Waals surface area contributed by atoms with Gasteiger partial charge in [-0.05, 0) is 51.9 Å². The van der Waals surface area contributed by atoms with E-state index in [2.05, 4.69) is 116 Å². The molecule has 0 saturated carbocycles. The van der Waals surface area contributed by atoms with Gasteiger partial charge in [-0.25, -0.2) is 4.57 Å². The van der Waals surface area contributed by atoms with Crippen molar-refractivity contribution in [2.24, 2.45) is 7.05 Å². The van der Waals surface area contributed by atoms with Crippen molar-refractivity contribution in [2.45, 2.75) is 6.92 Å². The number of rotatable bonds is 2. The lowest BCUT2D eigenvalue weighted by Gasteiger charge is -2.11. The number of fused-ring (bicyclic) bond motifs is 2. The van der Waals surface area contributed by atoms with Crippen LogP contribution in [0, 0.1) is 6.92 Å². The monoisotopic (exact) mass is 360 g/mol. The highest BCUT2D eigenvalue weighted by molar-refractivity contribution is 5.99. The Morgan fingerprint density at radius 3 is 2.18 bits per heavy atom. The minimum Gasteiger partial charge on any atom is -0.200 e. The van der Waals surface area contributed by atoms with Crippen molar-refractivity contribution in [3.8, 4) is 22.4 Å². The molecule has 0 atom stereocenters. The molecule has 0 amide bonds. The molecule has 28 heavy (non-hydrogen) atoms. The van der Waals surface area contributed by atoms with E-state index in [4.69, 9.17) is 0 Å². The van der Waals surface area contributed by atoms with Crippen LogP contribution < -0.4 is 4.57 Å². The van der Waals surface area contributed by atoms with Crippen molar-refractivity contribution in [1.29, 1.82) is 0 Å². The minimum atomic E-state index is 1.25. The molecule has 1 heteroatoms. The molecule has 0 bridgehead atoms. The molecule has 0 aliphatic heterocycles. The molecule has 0 fully saturated rings. The summed E-state index contributed by atoms with van der Waals surface area (Å²) in [6.45, 7) is 2.23. The Kier molecular flexibility index (Phi) is 3.95. The van der Waals surface area contributed by atoms with Crippen LogP contribution in [-0.2, 0) is 7.05 Å². The van der Waals surface area contributed by atoms with Gasteiger partial charge in [0.1, 0.15) is 7.05 Å². The second-order valence-corrected chi connectivity index (χ2v) is 7.40. The summed E-state index contributed by atoms with van der Waals surface area (Å²) in [4.78, 5) is 0. The van der Waals surface area contributed by atoms with Crippen LogP contribution in [-0.4, -0.2) is 0 Å². The Morgan fingerprint density at radius 1 is 0.607 bits per heavy atom. The van der Waals surface area contributed by atoms with E-state index in [0.29, 0.717) is 0 Å². The molecule has 0 aliphatic rings. The highest BCUT2D eigenvalue weighted by Gasteiger charge is 2.18. The summed E-state index contributed by atoms with van der Waals surface area (Å²) in [5.41, 5.74) is 6.37. The number of pyridine rings is 1. The van der Waals surface area contributed by atoms with Gasteiger partial charge in [-0.2, -0.15) is 0 Å². The Bertz CT molecular complexity index is 1320. The van der Waals surface area contributed by atoms with E-state index in [1.165, 1.54) is 49.5 Å². The van der Waals surface area contributed by atoms with Crippen LogP contribution in [0.5, 0.6) is 0 Å². The first kappa shape index (κ1) is 16.7. The molecule has 0 N–H and O–H groups in total. The fourth-order valence-corrected chi connectivity index (χ4v) is 4.19. The molecular formula is C27H22N+. The molecule has 1 heterocycles. The molecule has 0 radical (unpaired) electrons. The zero-order chi connectivity index (χ0) is 19.1. The second kappa shape index (κ2) is 6.61. The van der Waals surface area contributed by atoms with Crippen LogP contribution >= 0.6 is 0 Å². The number of benzene rings is 4. The van der Waals surface area contributed by atoms with Gasteiger partial charge in [0.05, 0.1) is 10.9 Å². The topological polar surface area (TPSA) is 3.88 Å². The van der Waals surface area contributed by atoms with Gasteiger partial charge in [-0.15, -0.1) is 0 Å². The standard InChI is InChI=1S/C27H22N/c1-19-24-11-7-6-10-21(24)14-15-25(19)27-26-18-23(20-8-4-3-5-9-20)13-12-22(26)16-17-28(27)2/h3-18H,1-2H3/q+1. The predicted octanol–water partition coefficient (Wildman–Crippen LogP) is 6.46. The van der Waals surface area contributed by atoms with Gasteiger partial charge in [-0.3, -0.25) is 0 Å². The summed E-state index contributed by atoms with van der Waals surface area (Å²) in [5, 5.41) is 5.15. The summed E-state index contributed by atoms with van der Waals surface area (Å²) in [6.07, 6.45) is 2.16. The summed E-state index contributed by atoms with van der Waals surface area (Å²) in [7, 11) is 2.14. The van der Waals surface area contributed by atoms with Crippen LogP contribution in [0.25, 0.3) is 43.9 Å². The van der Waals surface area contributed by atoms with Crippen LogP contribution in [0.15, 0.2) is 97.2 Å². The first-order chi connectivity index (χ1) is 13.7. The van der Waals surface area contributed by atoms with Gasteiger partial charge >= 0.3 is 0 Å². The molecule has 0 saturated heterocycles. The van der Waals surface area contributed by atoms with Crippen molar-refractivity contribution >= 4 is 21.5 Å². The van der Waals surface area contributed by atoms with Crippen LogP contribution in [0.1, 0.15) is 5.56 Å². The van der Waals surface area contributed by atoms with Crippen molar-refractivity contribution in [2.75, 3.05) is 0 Å². The minimum absolute atomic E-state index is 1.25. The zero-order valence-electron chi connectivity index (χ0n) is 16.2. The van der Waals surface area contributed by atoms with E-state index in [0.717, 1.165) is 0 Å². The normalized spacial score (nSPS) is 11.2. The summed E-state index contributed by atoms with van der Waals surface area (Å²) in [5.74, 6) is 0. The average molecular weight is 360 g/mol. The van der Waals surface area contributed by atoms with E-state index in [-0.39, 0.29) is 0 Å². The number of hydrogen-bond donors (Lipinski definition) is 0. The molecule has 0 aliphatic carbocycles. The van der Waals surface area contributed by atoms with Gasteiger partial charge in [-0.1, -0.05) is 72.8 Å². The summed E-state index contributed by atoms with van der Waals surface area (Å²) in [6, 6.07) is 32.7. The zero-order valence-corrected chi connectivity index (χ0v) is 16.2. The third-order valence-electron chi connectivity index (χ3n) is 5.70. The predicted molar refractivity (Wildman–Crippen MR) is 118 cm³/mol. The fourth-order valence-electron chi connectivity index (χ4n) is 4.19. The van der Waals surface area contributed by atoms with Gasteiger partial charge in [0.25, 0.3) is 0 Å². The third-order valence-corrected chi connectivity index (χ3v) is 5.70. The Hall–Kier alpha value is -3.45. The highest BCUT2D eigenvalue weighted by Crippen LogP contribution is 2.34. The SMILES string of the molecule is Cc1c(-c2c3cc(-c4ccccc4)ccc3cc[n+]2C)ccc2ccccc12. The van der Waals surface area contributed by atoms with Gasteiger partial charge in [0.15, 0.2) is 6.20 Å². The number of hydrogen-bond acceptors (Lipinski definition) is 0. The highest BCUT2D eigenvalue weighted by atomic mass is 14.9. The van der Waals surface area contributed by atoms with Gasteiger partial charge < -0.3 is 0 Å². The maximum absolute atomic E-state index is 2.33. The molecule has 0 unspecified atom stereocenters. The van der Waals surface area contributed by atoms with Crippen molar-refractivity contribution in [3.63, 3.8) is 0 Å². The first-order valence-electron chi connectivity index (χ1n) is 9.69. The largest absolute Gasteiger partial charge is 0.220 e. The third kappa shape index (κ3) is 2.68. The van der Waals surface area contributed by atoms with E-state index in [9.17, 15) is 0 Å². The lowest BCUT2D eigenvalue weighted by molar-refractivity contribution is -0.659. The molecule has 1 aromatic heterocycles. The Balaban J connectivity index is 1.82. The molecule has 4 aromatic carbocycles. The van der Waals surface area contributed by atoms with E-state index >= 15 is 0 Å². The average Bonchev–Trinajstić information content (AvgIpc) is 2.75. The van der Waals surface area contributed by atoms with Crippen molar-refractivity contribution in [3.05, 3.63) is 103 Å². The van der Waals surface area contributed by atoms with Crippen LogP contribution in [0.3, 0.4) is 0 Å². The maximum atomic E-state index is 2.33. The molecule has 0 spiro atoms. The summed E-state index contributed by atoms with van der Waals surface area (Å²) >= 11 is 0. The fraction of sp³-hybridized carbons (Fsp3) is 0.0741. The number of aryl methyl sites for hydroxylation is 2. The molecular weight excluding hydrogens is 338 g/mol. The van der Waals surface area contributed by atoms with Crippen molar-refractivity contribution < 1.29 is 4.57 Å². The smallest absolute Gasteiger partial charge is 0.200 e. The van der Waals surface area contributed by atoms with Gasteiger partial charge in [0.2, 0.25) is 5.69 Å². The van der Waals surface area contributed by atoms with E-state index in [1.54, 1.807) is 0 Å². The van der Waals surface area contributed by atoms with Crippen LogP contribution in [0.2, 0.25) is 0 Å². The molecule has 5 rings (SSSR count). The van der Waals surface area contributed by atoms with E-state index < -0.39 is 0 Å². The molecule has 1 nitrogen and oxygen atoms in total. The quantitative estimate of drug-likeness (QED) is 0.318. The van der Waals surface area contributed by atoms with Crippen molar-refractivity contribution in [1.82, 2.24) is 0 Å². The Morgan fingerprint density at radius 2 is 1.32 bits per heavy atom. The molecule has 5 aromatic rings. The number of aromatic nitrogens is 1. The Labute approximate surface area is 165 Å².